The third-order valence-corrected chi connectivity index (χ3v) is 8.84. The van der Waals surface area contributed by atoms with E-state index in [1.807, 2.05) is 0 Å². The second-order valence-electron chi connectivity index (χ2n) is 12.0. The third-order valence-electron chi connectivity index (χ3n) is 8.84. The summed E-state index contributed by atoms with van der Waals surface area (Å²) in [5.74, 6) is 0.717. The summed E-state index contributed by atoms with van der Waals surface area (Å²) < 4.78 is 2.23. The van der Waals surface area contributed by atoms with Gasteiger partial charge in [-0.25, -0.2) is 9.97 Å². The topological polar surface area (TPSA) is 30.7 Å². The molecule has 0 saturated carbocycles. The SMILES string of the molecule is CC1(C)C=Cc2nc(-n3c4ccccc4c4ccccc43)nc(-c3cccc4c3C(C)(C)c3ccccc3-4)c21. The monoisotopic (exact) mass is 503 g/mol. The van der Waals surface area contributed by atoms with Crippen molar-refractivity contribution >= 4 is 27.9 Å². The van der Waals surface area contributed by atoms with Gasteiger partial charge >= 0.3 is 0 Å². The van der Waals surface area contributed by atoms with Gasteiger partial charge in [-0.05, 0) is 40.5 Å². The fourth-order valence-electron chi connectivity index (χ4n) is 7.07. The van der Waals surface area contributed by atoms with Crippen LogP contribution in [0.25, 0.3) is 56.2 Å². The van der Waals surface area contributed by atoms with E-state index < -0.39 is 0 Å². The Hall–Kier alpha value is -4.50. The van der Waals surface area contributed by atoms with Crippen molar-refractivity contribution in [2.45, 2.75) is 38.5 Å². The molecule has 0 bridgehead atoms. The first-order chi connectivity index (χ1) is 18.9. The highest BCUT2D eigenvalue weighted by molar-refractivity contribution is 6.09. The molecule has 4 aromatic carbocycles. The molecule has 0 spiro atoms. The van der Waals surface area contributed by atoms with Crippen LogP contribution in [0.1, 0.15) is 50.1 Å². The molecule has 3 nitrogen and oxygen atoms in total. The first-order valence-corrected chi connectivity index (χ1v) is 13.7. The van der Waals surface area contributed by atoms with Crippen molar-refractivity contribution in [3.8, 4) is 28.3 Å². The third kappa shape index (κ3) is 2.93. The number of allylic oxidation sites excluding steroid dienone is 1. The van der Waals surface area contributed by atoms with E-state index in [4.69, 9.17) is 9.97 Å². The summed E-state index contributed by atoms with van der Waals surface area (Å²) in [7, 11) is 0. The number of aromatic nitrogens is 3. The molecule has 0 atom stereocenters. The summed E-state index contributed by atoms with van der Waals surface area (Å²) in [4.78, 5) is 10.7. The van der Waals surface area contributed by atoms with Gasteiger partial charge in [0.25, 0.3) is 0 Å². The zero-order valence-electron chi connectivity index (χ0n) is 22.7. The van der Waals surface area contributed by atoms with Crippen molar-refractivity contribution in [3.63, 3.8) is 0 Å². The summed E-state index contributed by atoms with van der Waals surface area (Å²) in [6, 6.07) is 32.7. The van der Waals surface area contributed by atoms with E-state index in [1.54, 1.807) is 0 Å². The highest BCUT2D eigenvalue weighted by Crippen LogP contribution is 2.53. The Labute approximate surface area is 228 Å². The van der Waals surface area contributed by atoms with Crippen molar-refractivity contribution in [1.29, 1.82) is 0 Å². The van der Waals surface area contributed by atoms with Gasteiger partial charge in [-0.3, -0.25) is 4.57 Å². The largest absolute Gasteiger partial charge is 0.278 e. The van der Waals surface area contributed by atoms with E-state index in [1.165, 1.54) is 44.2 Å². The van der Waals surface area contributed by atoms with E-state index in [-0.39, 0.29) is 10.8 Å². The molecule has 188 valence electrons. The summed E-state index contributed by atoms with van der Waals surface area (Å²) >= 11 is 0. The number of benzene rings is 4. The average Bonchev–Trinajstić information content (AvgIpc) is 3.54. The van der Waals surface area contributed by atoms with Crippen LogP contribution in [-0.2, 0) is 10.8 Å². The number of hydrogen-bond donors (Lipinski definition) is 0. The van der Waals surface area contributed by atoms with Crippen LogP contribution in [0.15, 0.2) is 97.1 Å². The lowest BCUT2D eigenvalue weighted by molar-refractivity contribution is 0.657. The number of para-hydroxylation sites is 2. The van der Waals surface area contributed by atoms with E-state index in [2.05, 4.69) is 135 Å². The van der Waals surface area contributed by atoms with E-state index >= 15 is 0 Å². The van der Waals surface area contributed by atoms with Gasteiger partial charge in [-0.2, -0.15) is 0 Å². The van der Waals surface area contributed by atoms with Gasteiger partial charge in [0, 0.05) is 32.7 Å². The standard InChI is InChI=1S/C36H29N3/c1-35(2)21-20-28-32(35)33(26-16-11-15-25-22-12-5-8-17-27(22)36(3,4)31(25)26)38-34(37-28)39-29-18-9-6-13-23(29)24-14-7-10-19-30(24)39/h5-21H,1-4H3. The van der Waals surface area contributed by atoms with Crippen molar-refractivity contribution < 1.29 is 0 Å². The Morgan fingerprint density at radius 3 is 1.95 bits per heavy atom. The molecule has 2 aromatic heterocycles. The maximum absolute atomic E-state index is 5.47. The highest BCUT2D eigenvalue weighted by Gasteiger charge is 2.40. The quantitative estimate of drug-likeness (QED) is 0.236. The average molecular weight is 504 g/mol. The van der Waals surface area contributed by atoms with Crippen LogP contribution in [0.2, 0.25) is 0 Å². The predicted molar refractivity (Wildman–Crippen MR) is 161 cm³/mol. The molecule has 2 aliphatic rings. The fraction of sp³-hybridized carbons (Fsp3) is 0.167. The minimum Gasteiger partial charge on any atom is -0.278 e. The molecule has 39 heavy (non-hydrogen) atoms. The Bertz CT molecular complexity index is 1970. The van der Waals surface area contributed by atoms with Crippen LogP contribution in [0, 0.1) is 0 Å². The Morgan fingerprint density at radius 2 is 1.21 bits per heavy atom. The van der Waals surface area contributed by atoms with Crippen LogP contribution in [0.5, 0.6) is 0 Å². The van der Waals surface area contributed by atoms with Crippen molar-refractivity contribution in [1.82, 2.24) is 14.5 Å². The van der Waals surface area contributed by atoms with E-state index in [0.717, 1.165) is 28.4 Å². The Morgan fingerprint density at radius 1 is 0.590 bits per heavy atom. The molecule has 0 radical (unpaired) electrons. The van der Waals surface area contributed by atoms with E-state index in [0.29, 0.717) is 0 Å². The molecule has 8 rings (SSSR count). The molecular formula is C36H29N3. The lowest BCUT2D eigenvalue weighted by Gasteiger charge is -2.27. The summed E-state index contributed by atoms with van der Waals surface area (Å²) in [6.07, 6.45) is 4.45. The molecule has 0 saturated heterocycles. The molecule has 2 aliphatic carbocycles. The molecule has 0 N–H and O–H groups in total. The Balaban J connectivity index is 1.48. The summed E-state index contributed by atoms with van der Waals surface area (Å²) in [5.41, 5.74) is 11.7. The van der Waals surface area contributed by atoms with Crippen LogP contribution in [-0.4, -0.2) is 14.5 Å². The summed E-state index contributed by atoms with van der Waals surface area (Å²) in [6.45, 7) is 9.23. The Kier molecular flexibility index (Phi) is 4.35. The summed E-state index contributed by atoms with van der Waals surface area (Å²) in [5, 5.41) is 2.43. The molecule has 2 heterocycles. The minimum absolute atomic E-state index is 0.135. The second-order valence-corrected chi connectivity index (χ2v) is 12.0. The van der Waals surface area contributed by atoms with Gasteiger partial charge in [-0.1, -0.05) is 113 Å². The minimum atomic E-state index is -0.164. The number of fused-ring (bicyclic) bond motifs is 7. The van der Waals surface area contributed by atoms with Crippen molar-refractivity contribution in [3.05, 3.63) is 119 Å². The van der Waals surface area contributed by atoms with Gasteiger partial charge in [0.1, 0.15) is 0 Å². The lowest BCUT2D eigenvalue weighted by Crippen LogP contribution is -2.20. The number of hydrogen-bond acceptors (Lipinski definition) is 2. The normalized spacial score (nSPS) is 16.0. The number of rotatable bonds is 2. The van der Waals surface area contributed by atoms with Gasteiger partial charge < -0.3 is 0 Å². The molecule has 0 fully saturated rings. The van der Waals surface area contributed by atoms with Crippen LogP contribution in [0.4, 0.5) is 0 Å². The first-order valence-electron chi connectivity index (χ1n) is 13.7. The smallest absolute Gasteiger partial charge is 0.235 e. The van der Waals surface area contributed by atoms with Crippen LogP contribution >= 0.6 is 0 Å². The van der Waals surface area contributed by atoms with Crippen molar-refractivity contribution in [2.75, 3.05) is 0 Å². The maximum atomic E-state index is 5.47. The first kappa shape index (κ1) is 22.5. The van der Waals surface area contributed by atoms with Gasteiger partial charge in [-0.15, -0.1) is 0 Å². The van der Waals surface area contributed by atoms with Gasteiger partial charge in [0.05, 0.1) is 22.4 Å². The predicted octanol–water partition coefficient (Wildman–Crippen LogP) is 8.85. The zero-order chi connectivity index (χ0) is 26.5. The molecule has 3 heteroatoms. The highest BCUT2D eigenvalue weighted by atomic mass is 15.2. The molecule has 6 aromatic rings. The fourth-order valence-corrected chi connectivity index (χ4v) is 7.07. The maximum Gasteiger partial charge on any atom is 0.235 e. The molecular weight excluding hydrogens is 474 g/mol. The van der Waals surface area contributed by atoms with Gasteiger partial charge in [0.2, 0.25) is 5.95 Å². The van der Waals surface area contributed by atoms with Gasteiger partial charge in [0.15, 0.2) is 0 Å². The zero-order valence-corrected chi connectivity index (χ0v) is 22.7. The second kappa shape index (κ2) is 7.54. The van der Waals surface area contributed by atoms with Crippen LogP contribution in [0.3, 0.4) is 0 Å². The van der Waals surface area contributed by atoms with Crippen molar-refractivity contribution in [2.24, 2.45) is 0 Å². The molecule has 0 aliphatic heterocycles. The van der Waals surface area contributed by atoms with E-state index in [9.17, 15) is 0 Å². The molecule has 0 unspecified atom stereocenters. The van der Waals surface area contributed by atoms with Crippen LogP contribution < -0.4 is 0 Å². The number of nitrogens with zero attached hydrogens (tertiary/aromatic N) is 3. The lowest BCUT2D eigenvalue weighted by atomic mass is 9.77. The molecule has 0 amide bonds.